The Bertz CT molecular complexity index is 239. The maximum Gasteiger partial charge on any atom is 0.0822 e. The third-order valence-corrected chi connectivity index (χ3v) is 2.84. The zero-order chi connectivity index (χ0) is 12.8. The van der Waals surface area contributed by atoms with Gasteiger partial charge in [-0.1, -0.05) is 58.9 Å². The lowest BCUT2D eigenvalue weighted by molar-refractivity contribution is 0.0826. The summed E-state index contributed by atoms with van der Waals surface area (Å²) in [7, 11) is 0. The minimum atomic E-state index is -0.623. The summed E-state index contributed by atoms with van der Waals surface area (Å²) >= 11 is 0. The molecule has 0 heterocycles. The van der Waals surface area contributed by atoms with Crippen LogP contribution in [0, 0.1) is 5.41 Å². The summed E-state index contributed by atoms with van der Waals surface area (Å²) in [6.45, 7) is 14.8. The first kappa shape index (κ1) is 15.4. The van der Waals surface area contributed by atoms with E-state index in [1.807, 2.05) is 19.9 Å². The lowest BCUT2D eigenvalue weighted by Gasteiger charge is -2.21. The third kappa shape index (κ3) is 6.84. The normalized spacial score (nSPS) is 13.4. The summed E-state index contributed by atoms with van der Waals surface area (Å²) in [4.78, 5) is 0. The molecule has 0 aromatic rings. The molecule has 0 atom stereocenters. The van der Waals surface area contributed by atoms with Gasteiger partial charge < -0.3 is 5.11 Å². The Kier molecular flexibility index (Phi) is 6.02. The molecule has 0 saturated heterocycles. The molecular weight excluding hydrogens is 196 g/mol. The third-order valence-electron chi connectivity index (χ3n) is 2.84. The fourth-order valence-electron chi connectivity index (χ4n) is 1.75. The van der Waals surface area contributed by atoms with Gasteiger partial charge in [0.15, 0.2) is 0 Å². The predicted molar refractivity (Wildman–Crippen MR) is 72.5 cm³/mol. The smallest absolute Gasteiger partial charge is 0.0822 e. The standard InChI is InChI=1S/C15H28O/c1-7-15(16,8-2)11-9-10-13(3)12-14(4,5)6/h9,11,16H,3,7-8,10,12H2,1-2,4-6H3. The van der Waals surface area contributed by atoms with Gasteiger partial charge in [0.05, 0.1) is 5.60 Å². The van der Waals surface area contributed by atoms with Crippen molar-refractivity contribution in [2.24, 2.45) is 5.41 Å². The Morgan fingerprint density at radius 2 is 1.69 bits per heavy atom. The molecule has 0 bridgehead atoms. The van der Waals surface area contributed by atoms with Crippen molar-refractivity contribution in [1.29, 1.82) is 0 Å². The Balaban J connectivity index is 4.15. The number of hydrogen-bond acceptors (Lipinski definition) is 1. The average Bonchev–Trinajstić information content (AvgIpc) is 2.14. The molecule has 16 heavy (non-hydrogen) atoms. The highest BCUT2D eigenvalue weighted by molar-refractivity contribution is 5.08. The second-order valence-electron chi connectivity index (χ2n) is 5.90. The Morgan fingerprint density at radius 1 is 1.19 bits per heavy atom. The molecule has 1 N–H and O–H groups in total. The van der Waals surface area contributed by atoms with Gasteiger partial charge in [0.25, 0.3) is 0 Å². The first-order valence-electron chi connectivity index (χ1n) is 6.29. The second kappa shape index (κ2) is 6.24. The Hall–Kier alpha value is -0.560. The lowest BCUT2D eigenvalue weighted by Crippen LogP contribution is -2.22. The van der Waals surface area contributed by atoms with E-state index in [0.717, 1.165) is 25.7 Å². The maximum atomic E-state index is 10.1. The number of aliphatic hydroxyl groups is 1. The van der Waals surface area contributed by atoms with Gasteiger partial charge in [-0.05, 0) is 31.1 Å². The summed E-state index contributed by atoms with van der Waals surface area (Å²) in [6.07, 6.45) is 7.44. The zero-order valence-corrected chi connectivity index (χ0v) is 11.6. The Morgan fingerprint density at radius 3 is 2.06 bits per heavy atom. The van der Waals surface area contributed by atoms with Gasteiger partial charge in [0, 0.05) is 0 Å². The first-order chi connectivity index (χ1) is 7.22. The minimum absolute atomic E-state index is 0.302. The summed E-state index contributed by atoms with van der Waals surface area (Å²) < 4.78 is 0. The topological polar surface area (TPSA) is 20.2 Å². The molecule has 94 valence electrons. The van der Waals surface area contributed by atoms with E-state index in [1.165, 1.54) is 5.57 Å². The van der Waals surface area contributed by atoms with E-state index in [2.05, 4.69) is 33.4 Å². The molecule has 0 radical (unpaired) electrons. The summed E-state index contributed by atoms with van der Waals surface area (Å²) in [6, 6.07) is 0. The van der Waals surface area contributed by atoms with E-state index in [0.29, 0.717) is 5.41 Å². The van der Waals surface area contributed by atoms with E-state index in [9.17, 15) is 5.11 Å². The van der Waals surface area contributed by atoms with Crippen LogP contribution in [0.15, 0.2) is 24.3 Å². The number of rotatable bonds is 6. The van der Waals surface area contributed by atoms with Crippen LogP contribution in [0.25, 0.3) is 0 Å². The van der Waals surface area contributed by atoms with E-state index in [-0.39, 0.29) is 0 Å². The van der Waals surface area contributed by atoms with Crippen LogP contribution < -0.4 is 0 Å². The fraction of sp³-hybridized carbons (Fsp3) is 0.733. The quantitative estimate of drug-likeness (QED) is 0.660. The molecule has 0 saturated carbocycles. The first-order valence-corrected chi connectivity index (χ1v) is 6.29. The van der Waals surface area contributed by atoms with E-state index < -0.39 is 5.60 Å². The molecule has 0 aromatic carbocycles. The molecule has 1 nitrogen and oxygen atoms in total. The largest absolute Gasteiger partial charge is 0.386 e. The molecule has 0 aliphatic rings. The van der Waals surface area contributed by atoms with Crippen molar-refractivity contribution in [2.45, 2.75) is 65.9 Å². The SMILES string of the molecule is C=C(CC=CC(O)(CC)CC)CC(C)(C)C. The molecule has 0 fully saturated rings. The molecule has 0 spiro atoms. The van der Waals surface area contributed by atoms with Crippen molar-refractivity contribution in [3.05, 3.63) is 24.3 Å². The van der Waals surface area contributed by atoms with Crippen LogP contribution in [0.1, 0.15) is 60.3 Å². The molecule has 0 unspecified atom stereocenters. The molecule has 0 rings (SSSR count). The summed E-state index contributed by atoms with van der Waals surface area (Å²) in [5.41, 5.74) is 0.914. The molecule has 0 aromatic heterocycles. The van der Waals surface area contributed by atoms with Gasteiger partial charge in [0.2, 0.25) is 0 Å². The van der Waals surface area contributed by atoms with Crippen molar-refractivity contribution < 1.29 is 5.11 Å². The van der Waals surface area contributed by atoms with Crippen LogP contribution in [0.4, 0.5) is 0 Å². The van der Waals surface area contributed by atoms with Gasteiger partial charge in [-0.25, -0.2) is 0 Å². The van der Waals surface area contributed by atoms with Crippen LogP contribution in [0.5, 0.6) is 0 Å². The molecule has 0 amide bonds. The van der Waals surface area contributed by atoms with Gasteiger partial charge in [-0.3, -0.25) is 0 Å². The van der Waals surface area contributed by atoms with Crippen molar-refractivity contribution in [3.63, 3.8) is 0 Å². The predicted octanol–water partition coefficient (Wildman–Crippen LogP) is 4.48. The monoisotopic (exact) mass is 224 g/mol. The highest BCUT2D eigenvalue weighted by Gasteiger charge is 2.17. The number of hydrogen-bond donors (Lipinski definition) is 1. The molecular formula is C15H28O. The van der Waals surface area contributed by atoms with Crippen LogP contribution in [-0.2, 0) is 0 Å². The van der Waals surface area contributed by atoms with Gasteiger partial charge in [-0.15, -0.1) is 0 Å². The fourth-order valence-corrected chi connectivity index (χ4v) is 1.75. The van der Waals surface area contributed by atoms with Gasteiger partial charge in [0.1, 0.15) is 0 Å². The van der Waals surface area contributed by atoms with Crippen LogP contribution in [0.2, 0.25) is 0 Å². The van der Waals surface area contributed by atoms with Crippen molar-refractivity contribution in [1.82, 2.24) is 0 Å². The second-order valence-corrected chi connectivity index (χ2v) is 5.90. The van der Waals surface area contributed by atoms with Crippen molar-refractivity contribution in [2.75, 3.05) is 0 Å². The minimum Gasteiger partial charge on any atom is -0.386 e. The van der Waals surface area contributed by atoms with Gasteiger partial charge >= 0.3 is 0 Å². The maximum absolute atomic E-state index is 10.1. The van der Waals surface area contributed by atoms with Crippen LogP contribution >= 0.6 is 0 Å². The van der Waals surface area contributed by atoms with E-state index in [4.69, 9.17) is 0 Å². The highest BCUT2D eigenvalue weighted by Crippen LogP contribution is 2.25. The zero-order valence-electron chi connectivity index (χ0n) is 11.6. The Labute approximate surface area is 101 Å². The van der Waals surface area contributed by atoms with Crippen molar-refractivity contribution in [3.8, 4) is 0 Å². The highest BCUT2D eigenvalue weighted by atomic mass is 16.3. The van der Waals surface area contributed by atoms with Crippen LogP contribution in [0.3, 0.4) is 0 Å². The average molecular weight is 224 g/mol. The van der Waals surface area contributed by atoms with Crippen LogP contribution in [-0.4, -0.2) is 10.7 Å². The molecule has 0 aliphatic heterocycles. The summed E-state index contributed by atoms with van der Waals surface area (Å²) in [5, 5.41) is 10.1. The van der Waals surface area contributed by atoms with E-state index >= 15 is 0 Å². The van der Waals surface area contributed by atoms with Crippen molar-refractivity contribution >= 4 is 0 Å². The van der Waals surface area contributed by atoms with E-state index in [1.54, 1.807) is 0 Å². The molecule has 1 heteroatoms. The lowest BCUT2D eigenvalue weighted by atomic mass is 9.87. The summed E-state index contributed by atoms with van der Waals surface area (Å²) in [5.74, 6) is 0. The number of allylic oxidation sites excluding steroid dienone is 2. The molecule has 0 aliphatic carbocycles. The van der Waals surface area contributed by atoms with Gasteiger partial charge in [-0.2, -0.15) is 0 Å².